The Bertz CT molecular complexity index is 881. The molecule has 0 aliphatic carbocycles. The van der Waals surface area contributed by atoms with E-state index >= 15 is 0 Å². The maximum absolute atomic E-state index is 12.9. The van der Waals surface area contributed by atoms with Gasteiger partial charge in [-0.1, -0.05) is 5.16 Å². The molecule has 2 aromatic heterocycles. The monoisotopic (exact) mass is 336 g/mol. The van der Waals surface area contributed by atoms with Crippen LogP contribution in [0.25, 0.3) is 5.69 Å². The van der Waals surface area contributed by atoms with E-state index in [1.54, 1.807) is 6.26 Å². The molecule has 0 unspecified atom stereocenters. The van der Waals surface area contributed by atoms with Crippen molar-refractivity contribution in [3.63, 3.8) is 0 Å². The molecular weight excluding hydrogens is 316 g/mol. The third-order valence-electron chi connectivity index (χ3n) is 4.68. The number of hydrogen-bond acceptors (Lipinski definition) is 4. The van der Waals surface area contributed by atoms with Gasteiger partial charge in [0, 0.05) is 23.9 Å². The molecule has 1 aliphatic heterocycles. The topological polar surface area (TPSA) is 64.2 Å². The molecule has 6 nitrogen and oxygen atoms in total. The number of nitrogens with zero attached hydrogens (tertiary/aromatic N) is 4. The fraction of sp³-hybridized carbons (Fsp3) is 0.316. The Kier molecular flexibility index (Phi) is 3.87. The Balaban J connectivity index is 1.57. The van der Waals surface area contributed by atoms with Crippen LogP contribution in [0.5, 0.6) is 0 Å². The van der Waals surface area contributed by atoms with Crippen LogP contribution in [0.15, 0.2) is 47.2 Å². The lowest BCUT2D eigenvalue weighted by Crippen LogP contribution is -2.30. The summed E-state index contributed by atoms with van der Waals surface area (Å²) < 4.78 is 6.83. The van der Waals surface area contributed by atoms with Gasteiger partial charge < -0.3 is 9.42 Å². The minimum absolute atomic E-state index is 0.00179. The van der Waals surface area contributed by atoms with Crippen LogP contribution in [-0.4, -0.2) is 32.3 Å². The molecular formula is C19H20N4O2. The first-order valence-corrected chi connectivity index (χ1v) is 8.48. The van der Waals surface area contributed by atoms with Gasteiger partial charge in [-0.3, -0.25) is 4.79 Å². The van der Waals surface area contributed by atoms with E-state index < -0.39 is 0 Å². The predicted octanol–water partition coefficient (Wildman–Crippen LogP) is 3.45. The Hall–Kier alpha value is -2.89. The van der Waals surface area contributed by atoms with Gasteiger partial charge in [0.05, 0.1) is 17.4 Å². The highest BCUT2D eigenvalue weighted by atomic mass is 16.5. The summed E-state index contributed by atoms with van der Waals surface area (Å²) in [5.41, 5.74) is 4.51. The zero-order valence-electron chi connectivity index (χ0n) is 14.3. The van der Waals surface area contributed by atoms with Crippen molar-refractivity contribution < 1.29 is 9.32 Å². The van der Waals surface area contributed by atoms with Crippen LogP contribution < -0.4 is 0 Å². The van der Waals surface area contributed by atoms with Crippen LogP contribution in [-0.2, 0) is 0 Å². The first-order chi connectivity index (χ1) is 12.1. The summed E-state index contributed by atoms with van der Waals surface area (Å²) in [6, 6.07) is 11.5. The van der Waals surface area contributed by atoms with Gasteiger partial charge in [-0.2, -0.15) is 5.10 Å². The molecule has 1 aromatic carbocycles. The van der Waals surface area contributed by atoms with Crippen LogP contribution >= 0.6 is 0 Å². The number of hydrogen-bond donors (Lipinski definition) is 0. The highest BCUT2D eigenvalue weighted by Crippen LogP contribution is 2.32. The summed E-state index contributed by atoms with van der Waals surface area (Å²) in [6.45, 7) is 4.74. The Morgan fingerprint density at radius 1 is 1.20 bits per heavy atom. The minimum Gasteiger partial charge on any atom is -0.364 e. The van der Waals surface area contributed by atoms with Crippen molar-refractivity contribution in [3.8, 4) is 5.69 Å². The molecule has 0 radical (unpaired) electrons. The fourth-order valence-corrected chi connectivity index (χ4v) is 3.51. The van der Waals surface area contributed by atoms with Gasteiger partial charge in [-0.05, 0) is 57.0 Å². The lowest BCUT2D eigenvalue weighted by Gasteiger charge is -2.23. The Labute approximate surface area is 146 Å². The lowest BCUT2D eigenvalue weighted by molar-refractivity contribution is 0.0731. The van der Waals surface area contributed by atoms with Gasteiger partial charge >= 0.3 is 0 Å². The van der Waals surface area contributed by atoms with Gasteiger partial charge in [0.2, 0.25) is 0 Å². The van der Waals surface area contributed by atoms with Crippen molar-refractivity contribution in [2.75, 3.05) is 6.54 Å². The molecule has 0 spiro atoms. The van der Waals surface area contributed by atoms with E-state index in [0.717, 1.165) is 42.2 Å². The molecule has 3 heterocycles. The van der Waals surface area contributed by atoms with E-state index in [1.165, 1.54) is 0 Å². The molecule has 1 fully saturated rings. The van der Waals surface area contributed by atoms with Crippen LogP contribution in [0.4, 0.5) is 0 Å². The highest BCUT2D eigenvalue weighted by Gasteiger charge is 2.32. The van der Waals surface area contributed by atoms with E-state index in [-0.39, 0.29) is 11.9 Å². The lowest BCUT2D eigenvalue weighted by atomic mass is 10.1. The molecule has 25 heavy (non-hydrogen) atoms. The van der Waals surface area contributed by atoms with E-state index in [2.05, 4.69) is 10.3 Å². The van der Waals surface area contributed by atoms with E-state index in [0.29, 0.717) is 5.56 Å². The normalized spacial score (nSPS) is 17.2. The first-order valence-electron chi connectivity index (χ1n) is 8.48. The highest BCUT2D eigenvalue weighted by molar-refractivity contribution is 5.94. The third-order valence-corrected chi connectivity index (χ3v) is 4.68. The van der Waals surface area contributed by atoms with Gasteiger partial charge in [0.1, 0.15) is 12.0 Å². The smallest absolute Gasteiger partial charge is 0.254 e. The first kappa shape index (κ1) is 15.6. The fourth-order valence-electron chi connectivity index (χ4n) is 3.51. The molecule has 1 atom stereocenters. The summed E-state index contributed by atoms with van der Waals surface area (Å²) in [7, 11) is 0. The molecule has 4 rings (SSSR count). The standard InChI is InChI=1S/C19H20N4O2/c1-13-12-14(2)23(20-13)16-7-5-15(6-8-16)19(24)22-10-3-4-18(22)17-9-11-25-21-17/h5-9,11-12,18H,3-4,10H2,1-2H3/t18-/m0/s1. The average Bonchev–Trinajstić information content (AvgIpc) is 3.34. The number of amides is 1. The van der Waals surface area contributed by atoms with Crippen LogP contribution in [0, 0.1) is 13.8 Å². The molecule has 6 heteroatoms. The van der Waals surface area contributed by atoms with Crippen molar-refractivity contribution in [2.45, 2.75) is 32.7 Å². The van der Waals surface area contributed by atoms with Gasteiger partial charge in [-0.15, -0.1) is 0 Å². The summed E-state index contributed by atoms with van der Waals surface area (Å²) >= 11 is 0. The quantitative estimate of drug-likeness (QED) is 0.735. The largest absolute Gasteiger partial charge is 0.364 e. The molecule has 128 valence electrons. The summed E-state index contributed by atoms with van der Waals surface area (Å²) in [4.78, 5) is 14.8. The van der Waals surface area contributed by atoms with Gasteiger partial charge in [-0.25, -0.2) is 4.68 Å². The second kappa shape index (κ2) is 6.20. The minimum atomic E-state index is 0.00179. The predicted molar refractivity (Wildman–Crippen MR) is 92.6 cm³/mol. The molecule has 1 amide bonds. The summed E-state index contributed by atoms with van der Waals surface area (Å²) in [6.07, 6.45) is 3.45. The Morgan fingerprint density at radius 2 is 2.00 bits per heavy atom. The molecule has 1 saturated heterocycles. The number of carbonyl (C=O) groups excluding carboxylic acids is 1. The molecule has 0 bridgehead atoms. The number of rotatable bonds is 3. The Morgan fingerprint density at radius 3 is 2.64 bits per heavy atom. The molecule has 0 N–H and O–H groups in total. The van der Waals surface area contributed by atoms with E-state index in [1.807, 2.05) is 59.8 Å². The van der Waals surface area contributed by atoms with Gasteiger partial charge in [0.25, 0.3) is 5.91 Å². The maximum Gasteiger partial charge on any atom is 0.254 e. The number of likely N-dealkylation sites (tertiary alicyclic amines) is 1. The van der Waals surface area contributed by atoms with Crippen LogP contribution in [0.3, 0.4) is 0 Å². The molecule has 0 saturated carbocycles. The summed E-state index contributed by atoms with van der Waals surface area (Å²) in [5, 5.41) is 8.49. The van der Waals surface area contributed by atoms with Crippen LogP contribution in [0.1, 0.15) is 46.3 Å². The summed E-state index contributed by atoms with van der Waals surface area (Å²) in [5.74, 6) is 0.0328. The zero-order valence-corrected chi connectivity index (χ0v) is 14.3. The number of aryl methyl sites for hydroxylation is 2. The molecule has 1 aliphatic rings. The number of benzene rings is 1. The SMILES string of the molecule is Cc1cc(C)n(-c2ccc(C(=O)N3CCC[C@H]3c3ccon3)cc2)n1. The van der Waals surface area contributed by atoms with E-state index in [4.69, 9.17) is 4.52 Å². The van der Waals surface area contributed by atoms with E-state index in [9.17, 15) is 4.79 Å². The number of carbonyl (C=O) groups is 1. The average molecular weight is 336 g/mol. The van der Waals surface area contributed by atoms with Crippen molar-refractivity contribution in [2.24, 2.45) is 0 Å². The van der Waals surface area contributed by atoms with Crippen molar-refractivity contribution in [3.05, 3.63) is 65.3 Å². The maximum atomic E-state index is 12.9. The second-order valence-electron chi connectivity index (χ2n) is 6.47. The zero-order chi connectivity index (χ0) is 17.4. The van der Waals surface area contributed by atoms with Crippen molar-refractivity contribution in [1.82, 2.24) is 19.8 Å². The van der Waals surface area contributed by atoms with Crippen molar-refractivity contribution >= 4 is 5.91 Å². The van der Waals surface area contributed by atoms with Crippen molar-refractivity contribution in [1.29, 1.82) is 0 Å². The van der Waals surface area contributed by atoms with Crippen LogP contribution in [0.2, 0.25) is 0 Å². The third kappa shape index (κ3) is 2.84. The molecule has 3 aromatic rings. The van der Waals surface area contributed by atoms with Gasteiger partial charge in [0.15, 0.2) is 0 Å². The second-order valence-corrected chi connectivity index (χ2v) is 6.47. The number of aromatic nitrogens is 3.